The molecule has 2 N–H and O–H groups in total. The average Bonchev–Trinajstić information content (AvgIpc) is 2.91. The minimum Gasteiger partial charge on any atom is -0.478 e. The maximum atomic E-state index is 13.7. The van der Waals surface area contributed by atoms with E-state index in [2.05, 4.69) is 4.72 Å². The molecule has 0 radical (unpaired) electrons. The molecule has 0 amide bonds. The smallest absolute Gasteiger partial charge is 0.335 e. The molecule has 1 aromatic heterocycles. The maximum absolute atomic E-state index is 13.7. The van der Waals surface area contributed by atoms with Gasteiger partial charge in [-0.2, -0.15) is 0 Å². The highest BCUT2D eigenvalue weighted by Gasteiger charge is 2.20. The lowest BCUT2D eigenvalue weighted by molar-refractivity contribution is 0.0696. The summed E-state index contributed by atoms with van der Waals surface area (Å²) in [4.78, 5) is 10.1. The Balaban J connectivity index is 2.10. The van der Waals surface area contributed by atoms with Crippen LogP contribution in [0, 0.1) is 5.82 Å². The Bertz CT molecular complexity index is 742. The molecule has 0 spiro atoms. The summed E-state index contributed by atoms with van der Waals surface area (Å²) in [6.45, 7) is 0.498. The minimum absolute atomic E-state index is 0.0944. The first-order chi connectivity index (χ1) is 9.90. The fourth-order valence-corrected chi connectivity index (χ4v) is 2.84. The molecule has 0 aliphatic carbocycles. The number of benzene rings is 1. The largest absolute Gasteiger partial charge is 0.478 e. The van der Waals surface area contributed by atoms with Gasteiger partial charge in [0.1, 0.15) is 10.7 Å². The predicted molar refractivity (Wildman–Crippen MR) is 73.0 cm³/mol. The number of nitrogens with one attached hydrogen (secondary N) is 1. The third-order valence-corrected chi connectivity index (χ3v) is 4.29. The number of carboxylic acids is 1. The van der Waals surface area contributed by atoms with E-state index in [0.717, 1.165) is 12.1 Å². The first kappa shape index (κ1) is 15.2. The first-order valence-electron chi connectivity index (χ1n) is 6.03. The van der Waals surface area contributed by atoms with Crippen LogP contribution in [-0.2, 0) is 16.6 Å². The summed E-state index contributed by atoms with van der Waals surface area (Å²) in [5.74, 6) is -2.42. The second-order valence-corrected chi connectivity index (χ2v) is 6.00. The fraction of sp³-hybridized carbons (Fsp3) is 0.154. The summed E-state index contributed by atoms with van der Waals surface area (Å²) in [6.07, 6.45) is 3.55. The van der Waals surface area contributed by atoms with Gasteiger partial charge in [-0.05, 0) is 30.3 Å². The number of sulfonamides is 1. The second-order valence-electron chi connectivity index (χ2n) is 4.27. The molecule has 0 aliphatic rings. The van der Waals surface area contributed by atoms with Crippen LogP contribution in [0.5, 0.6) is 0 Å². The first-order valence-corrected chi connectivity index (χ1v) is 7.52. The summed E-state index contributed by atoms with van der Waals surface area (Å²) >= 11 is 0. The van der Waals surface area contributed by atoms with Gasteiger partial charge in [-0.25, -0.2) is 22.3 Å². The van der Waals surface area contributed by atoms with Crippen molar-refractivity contribution in [3.63, 3.8) is 0 Å². The summed E-state index contributed by atoms with van der Waals surface area (Å²) in [5, 5.41) is 8.72. The van der Waals surface area contributed by atoms with E-state index in [0.29, 0.717) is 12.6 Å². The highest BCUT2D eigenvalue weighted by Crippen LogP contribution is 2.16. The van der Waals surface area contributed by atoms with Crippen LogP contribution in [0.25, 0.3) is 0 Å². The van der Waals surface area contributed by atoms with Crippen LogP contribution < -0.4 is 4.72 Å². The standard InChI is InChI=1S/C13H13FN2O4S/c14-11-9-10(13(17)18)3-4-12(11)21(19,20)15-5-8-16-6-1-2-7-16/h1-4,6-7,9,15H,5,8H2,(H,17,18). The van der Waals surface area contributed by atoms with Gasteiger partial charge in [0.25, 0.3) is 0 Å². The molecule has 8 heteroatoms. The monoisotopic (exact) mass is 312 g/mol. The van der Waals surface area contributed by atoms with Crippen molar-refractivity contribution < 1.29 is 22.7 Å². The van der Waals surface area contributed by atoms with Crippen molar-refractivity contribution in [2.24, 2.45) is 0 Å². The predicted octanol–water partition coefficient (Wildman–Crippen LogP) is 1.30. The highest BCUT2D eigenvalue weighted by molar-refractivity contribution is 7.89. The topological polar surface area (TPSA) is 88.4 Å². The Morgan fingerprint density at radius 3 is 2.52 bits per heavy atom. The Morgan fingerprint density at radius 2 is 1.95 bits per heavy atom. The number of nitrogens with zero attached hydrogens (tertiary/aromatic N) is 1. The summed E-state index contributed by atoms with van der Waals surface area (Å²) in [6, 6.07) is 6.28. The molecular formula is C13H13FN2O4S. The number of hydrogen-bond donors (Lipinski definition) is 2. The lowest BCUT2D eigenvalue weighted by Gasteiger charge is -2.08. The second kappa shape index (κ2) is 6.06. The number of aromatic carboxylic acids is 1. The molecule has 21 heavy (non-hydrogen) atoms. The molecule has 0 aliphatic heterocycles. The quantitative estimate of drug-likeness (QED) is 0.841. The normalized spacial score (nSPS) is 11.5. The summed E-state index contributed by atoms with van der Waals surface area (Å²) < 4.78 is 41.7. The average molecular weight is 312 g/mol. The molecule has 0 saturated carbocycles. The zero-order chi connectivity index (χ0) is 15.5. The van der Waals surface area contributed by atoms with Crippen LogP contribution in [0.15, 0.2) is 47.6 Å². The van der Waals surface area contributed by atoms with Crippen molar-refractivity contribution in [2.75, 3.05) is 6.54 Å². The van der Waals surface area contributed by atoms with Crippen molar-refractivity contribution in [3.8, 4) is 0 Å². The van der Waals surface area contributed by atoms with Gasteiger partial charge in [-0.15, -0.1) is 0 Å². The van der Waals surface area contributed by atoms with Gasteiger partial charge < -0.3 is 9.67 Å². The molecule has 0 fully saturated rings. The van der Waals surface area contributed by atoms with E-state index in [1.165, 1.54) is 0 Å². The Hall–Kier alpha value is -2.19. The van der Waals surface area contributed by atoms with E-state index in [4.69, 9.17) is 5.11 Å². The van der Waals surface area contributed by atoms with E-state index in [1.807, 2.05) is 0 Å². The van der Waals surface area contributed by atoms with Gasteiger partial charge >= 0.3 is 5.97 Å². The SMILES string of the molecule is O=C(O)c1ccc(S(=O)(=O)NCCn2cccc2)c(F)c1. The van der Waals surface area contributed by atoms with E-state index >= 15 is 0 Å². The molecule has 2 aromatic rings. The summed E-state index contributed by atoms with van der Waals surface area (Å²) in [7, 11) is -4.02. The van der Waals surface area contributed by atoms with Crippen molar-refractivity contribution in [2.45, 2.75) is 11.4 Å². The lowest BCUT2D eigenvalue weighted by atomic mass is 10.2. The number of carboxylic acid groups (broad SMARTS) is 1. The summed E-state index contributed by atoms with van der Waals surface area (Å²) in [5.41, 5.74) is -0.307. The van der Waals surface area contributed by atoms with Crippen LogP contribution in [0.3, 0.4) is 0 Å². The van der Waals surface area contributed by atoms with Gasteiger partial charge in [0.15, 0.2) is 0 Å². The molecule has 1 heterocycles. The number of rotatable bonds is 6. The third kappa shape index (κ3) is 3.67. The van der Waals surface area contributed by atoms with Crippen LogP contribution in [0.2, 0.25) is 0 Å². The molecule has 112 valence electrons. The zero-order valence-corrected chi connectivity index (χ0v) is 11.7. The molecule has 0 saturated heterocycles. The van der Waals surface area contributed by atoms with Crippen molar-refractivity contribution in [1.29, 1.82) is 0 Å². The number of halogens is 1. The third-order valence-electron chi connectivity index (χ3n) is 2.80. The maximum Gasteiger partial charge on any atom is 0.335 e. The van der Waals surface area contributed by atoms with Gasteiger partial charge in [0, 0.05) is 25.5 Å². The number of carbonyl (C=O) groups is 1. The zero-order valence-electron chi connectivity index (χ0n) is 10.9. The number of aromatic nitrogens is 1. The van der Waals surface area contributed by atoms with E-state index in [-0.39, 0.29) is 12.1 Å². The molecular weight excluding hydrogens is 299 g/mol. The van der Waals surface area contributed by atoms with Crippen LogP contribution in [0.4, 0.5) is 4.39 Å². The lowest BCUT2D eigenvalue weighted by Crippen LogP contribution is -2.28. The molecule has 0 unspecified atom stereocenters. The van der Waals surface area contributed by atoms with Crippen LogP contribution in [-0.4, -0.2) is 30.6 Å². The molecule has 6 nitrogen and oxygen atoms in total. The Labute approximate surface area is 120 Å². The molecule has 0 atom stereocenters. The molecule has 1 aromatic carbocycles. The minimum atomic E-state index is -4.02. The van der Waals surface area contributed by atoms with Gasteiger partial charge in [0.2, 0.25) is 10.0 Å². The fourth-order valence-electron chi connectivity index (χ4n) is 1.76. The van der Waals surface area contributed by atoms with Crippen LogP contribution in [0.1, 0.15) is 10.4 Å². The van der Waals surface area contributed by atoms with Crippen molar-refractivity contribution in [1.82, 2.24) is 9.29 Å². The van der Waals surface area contributed by atoms with E-state index < -0.39 is 26.7 Å². The Morgan fingerprint density at radius 1 is 1.29 bits per heavy atom. The van der Waals surface area contributed by atoms with Gasteiger partial charge in [-0.1, -0.05) is 0 Å². The molecule has 2 rings (SSSR count). The van der Waals surface area contributed by atoms with E-state index in [1.54, 1.807) is 29.1 Å². The van der Waals surface area contributed by atoms with Gasteiger partial charge in [0.05, 0.1) is 5.56 Å². The molecule has 0 bridgehead atoms. The highest BCUT2D eigenvalue weighted by atomic mass is 32.2. The van der Waals surface area contributed by atoms with Gasteiger partial charge in [-0.3, -0.25) is 0 Å². The Kier molecular flexibility index (Phi) is 4.39. The number of hydrogen-bond acceptors (Lipinski definition) is 3. The van der Waals surface area contributed by atoms with Crippen LogP contribution >= 0.6 is 0 Å². The van der Waals surface area contributed by atoms with E-state index in [9.17, 15) is 17.6 Å². The van der Waals surface area contributed by atoms with Crippen molar-refractivity contribution in [3.05, 3.63) is 54.1 Å². The van der Waals surface area contributed by atoms with Crippen molar-refractivity contribution >= 4 is 16.0 Å².